The lowest BCUT2D eigenvalue weighted by Crippen LogP contribution is -2.30. The van der Waals surface area contributed by atoms with Crippen LogP contribution in [0.3, 0.4) is 0 Å². The highest BCUT2D eigenvalue weighted by atomic mass is 35.5. The topological polar surface area (TPSA) is 46.6 Å². The average molecular weight is 388 g/mol. The first kappa shape index (κ1) is 18.3. The lowest BCUT2D eigenvalue weighted by molar-refractivity contribution is 0.414. The van der Waals surface area contributed by atoms with Gasteiger partial charge in [-0.2, -0.15) is 0 Å². The van der Waals surface area contributed by atoms with Crippen LogP contribution in [0.15, 0.2) is 83.8 Å². The molecule has 0 radical (unpaired) electrons. The first-order valence-electron chi connectivity index (χ1n) is 7.97. The van der Waals surface area contributed by atoms with Crippen LogP contribution in [-0.4, -0.2) is 15.5 Å². The van der Waals surface area contributed by atoms with Gasteiger partial charge in [0, 0.05) is 5.02 Å². The standard InChI is InChI=1S/C20H18ClNO3S/c1-25-19-13-7-16(8-14-19)15-22(18-11-9-17(21)10-12-18)26(23,24)20-5-3-2-4-6-20/h2-14H,15H2,1H3. The summed E-state index contributed by atoms with van der Waals surface area (Å²) in [5, 5.41) is 0.551. The van der Waals surface area contributed by atoms with Gasteiger partial charge in [0.15, 0.2) is 0 Å². The predicted octanol–water partition coefficient (Wildman–Crippen LogP) is 4.74. The molecular weight excluding hydrogens is 370 g/mol. The molecule has 0 heterocycles. The Morgan fingerprint density at radius 2 is 1.50 bits per heavy atom. The molecule has 0 saturated carbocycles. The summed E-state index contributed by atoms with van der Waals surface area (Å²) in [6.07, 6.45) is 0. The molecule has 0 aliphatic rings. The number of hydrogen-bond donors (Lipinski definition) is 0. The molecular formula is C20H18ClNO3S. The molecule has 26 heavy (non-hydrogen) atoms. The third kappa shape index (κ3) is 4.00. The van der Waals surface area contributed by atoms with Crippen LogP contribution in [0.5, 0.6) is 5.75 Å². The van der Waals surface area contributed by atoms with Gasteiger partial charge in [-0.25, -0.2) is 8.42 Å². The molecule has 0 aromatic heterocycles. The van der Waals surface area contributed by atoms with Crippen LogP contribution in [0.2, 0.25) is 5.02 Å². The van der Waals surface area contributed by atoms with E-state index in [2.05, 4.69) is 0 Å². The van der Waals surface area contributed by atoms with Gasteiger partial charge in [0.1, 0.15) is 5.75 Å². The highest BCUT2D eigenvalue weighted by molar-refractivity contribution is 7.92. The van der Waals surface area contributed by atoms with Crippen LogP contribution in [0.25, 0.3) is 0 Å². The van der Waals surface area contributed by atoms with E-state index >= 15 is 0 Å². The number of hydrogen-bond acceptors (Lipinski definition) is 3. The molecule has 0 atom stereocenters. The molecule has 3 rings (SSSR count). The molecule has 0 spiro atoms. The number of halogens is 1. The largest absolute Gasteiger partial charge is 0.497 e. The molecule has 0 saturated heterocycles. The highest BCUT2D eigenvalue weighted by Gasteiger charge is 2.25. The van der Waals surface area contributed by atoms with E-state index in [1.54, 1.807) is 61.7 Å². The van der Waals surface area contributed by atoms with Crippen molar-refractivity contribution in [1.29, 1.82) is 0 Å². The third-order valence-electron chi connectivity index (χ3n) is 3.93. The van der Waals surface area contributed by atoms with E-state index in [4.69, 9.17) is 16.3 Å². The van der Waals surface area contributed by atoms with Crippen molar-refractivity contribution in [2.45, 2.75) is 11.4 Å². The maximum absolute atomic E-state index is 13.2. The summed E-state index contributed by atoms with van der Waals surface area (Å²) in [6, 6.07) is 22.5. The van der Waals surface area contributed by atoms with E-state index in [0.29, 0.717) is 10.7 Å². The smallest absolute Gasteiger partial charge is 0.264 e. The van der Waals surface area contributed by atoms with Gasteiger partial charge in [0.2, 0.25) is 0 Å². The van der Waals surface area contributed by atoms with Crippen molar-refractivity contribution >= 4 is 27.3 Å². The monoisotopic (exact) mass is 387 g/mol. The van der Waals surface area contributed by atoms with Gasteiger partial charge in [-0.15, -0.1) is 0 Å². The highest BCUT2D eigenvalue weighted by Crippen LogP contribution is 2.27. The SMILES string of the molecule is COc1ccc(CN(c2ccc(Cl)cc2)S(=O)(=O)c2ccccc2)cc1. The number of anilines is 1. The van der Waals surface area contributed by atoms with Gasteiger partial charge in [-0.1, -0.05) is 41.9 Å². The molecule has 0 aliphatic heterocycles. The molecule has 134 valence electrons. The third-order valence-corrected chi connectivity index (χ3v) is 5.97. The zero-order valence-electron chi connectivity index (χ0n) is 14.2. The first-order chi connectivity index (χ1) is 12.5. The van der Waals surface area contributed by atoms with Crippen LogP contribution in [-0.2, 0) is 16.6 Å². The molecule has 0 unspecified atom stereocenters. The van der Waals surface area contributed by atoms with Gasteiger partial charge in [0.05, 0.1) is 24.2 Å². The number of methoxy groups -OCH3 is 1. The molecule has 3 aromatic rings. The Hall–Kier alpha value is -2.50. The lowest BCUT2D eigenvalue weighted by Gasteiger charge is -2.25. The second-order valence-corrected chi connectivity index (χ2v) is 7.95. The maximum Gasteiger partial charge on any atom is 0.264 e. The van der Waals surface area contributed by atoms with Crippen molar-refractivity contribution in [3.8, 4) is 5.75 Å². The van der Waals surface area contributed by atoms with Gasteiger partial charge in [-0.05, 0) is 54.1 Å². The second-order valence-electron chi connectivity index (χ2n) is 5.65. The second kappa shape index (κ2) is 7.81. The van der Waals surface area contributed by atoms with Crippen molar-refractivity contribution < 1.29 is 13.2 Å². The van der Waals surface area contributed by atoms with E-state index in [1.807, 2.05) is 24.3 Å². The van der Waals surface area contributed by atoms with Crippen molar-refractivity contribution in [2.75, 3.05) is 11.4 Å². The minimum atomic E-state index is -3.72. The molecule has 0 amide bonds. The first-order valence-corrected chi connectivity index (χ1v) is 9.79. The Bertz CT molecular complexity index is 956. The molecule has 0 N–H and O–H groups in total. The molecule has 0 fully saturated rings. The molecule has 3 aromatic carbocycles. The molecule has 6 heteroatoms. The van der Waals surface area contributed by atoms with Crippen LogP contribution in [0, 0.1) is 0 Å². The maximum atomic E-state index is 13.2. The molecule has 0 aliphatic carbocycles. The van der Waals surface area contributed by atoms with Gasteiger partial charge >= 0.3 is 0 Å². The zero-order valence-corrected chi connectivity index (χ0v) is 15.7. The fraction of sp³-hybridized carbons (Fsp3) is 0.100. The zero-order chi connectivity index (χ0) is 18.6. The average Bonchev–Trinajstić information content (AvgIpc) is 2.68. The van der Waals surface area contributed by atoms with E-state index < -0.39 is 10.0 Å². The fourth-order valence-electron chi connectivity index (χ4n) is 2.54. The molecule has 4 nitrogen and oxygen atoms in total. The van der Waals surface area contributed by atoms with Gasteiger partial charge in [0.25, 0.3) is 10.0 Å². The summed E-state index contributed by atoms with van der Waals surface area (Å²) in [5.74, 6) is 0.720. The predicted molar refractivity (Wildman–Crippen MR) is 104 cm³/mol. The number of rotatable bonds is 6. The van der Waals surface area contributed by atoms with E-state index in [-0.39, 0.29) is 11.4 Å². The van der Waals surface area contributed by atoms with Crippen molar-refractivity contribution in [1.82, 2.24) is 0 Å². The summed E-state index contributed by atoms with van der Waals surface area (Å²) in [6.45, 7) is 0.197. The summed E-state index contributed by atoms with van der Waals surface area (Å²) >= 11 is 5.96. The van der Waals surface area contributed by atoms with Gasteiger partial charge < -0.3 is 4.74 Å². The van der Waals surface area contributed by atoms with Crippen molar-refractivity contribution in [3.05, 3.63) is 89.4 Å². The Balaban J connectivity index is 2.02. The van der Waals surface area contributed by atoms with Crippen LogP contribution in [0.1, 0.15) is 5.56 Å². The summed E-state index contributed by atoms with van der Waals surface area (Å²) in [7, 11) is -2.13. The minimum Gasteiger partial charge on any atom is -0.497 e. The Morgan fingerprint density at radius 3 is 2.08 bits per heavy atom. The number of nitrogens with zero attached hydrogens (tertiary/aromatic N) is 1. The van der Waals surface area contributed by atoms with E-state index in [0.717, 1.165) is 11.3 Å². The number of ether oxygens (including phenoxy) is 1. The number of benzene rings is 3. The Labute approximate surface area is 158 Å². The normalized spacial score (nSPS) is 11.2. The fourth-order valence-corrected chi connectivity index (χ4v) is 4.14. The summed E-state index contributed by atoms with van der Waals surface area (Å²) < 4.78 is 33.0. The minimum absolute atomic E-state index is 0.197. The Kier molecular flexibility index (Phi) is 5.49. The Morgan fingerprint density at radius 1 is 0.885 bits per heavy atom. The molecule has 0 bridgehead atoms. The summed E-state index contributed by atoms with van der Waals surface area (Å²) in [5.41, 5.74) is 1.40. The number of sulfonamides is 1. The quantitative estimate of drug-likeness (QED) is 0.613. The summed E-state index contributed by atoms with van der Waals surface area (Å²) in [4.78, 5) is 0.239. The lowest BCUT2D eigenvalue weighted by atomic mass is 10.2. The van der Waals surface area contributed by atoms with Crippen LogP contribution in [0.4, 0.5) is 5.69 Å². The van der Waals surface area contributed by atoms with Crippen LogP contribution < -0.4 is 9.04 Å². The van der Waals surface area contributed by atoms with Crippen LogP contribution >= 0.6 is 11.6 Å². The van der Waals surface area contributed by atoms with E-state index in [9.17, 15) is 8.42 Å². The van der Waals surface area contributed by atoms with Crippen molar-refractivity contribution in [3.63, 3.8) is 0 Å². The van der Waals surface area contributed by atoms with Gasteiger partial charge in [-0.3, -0.25) is 4.31 Å². The van der Waals surface area contributed by atoms with E-state index in [1.165, 1.54) is 4.31 Å². The van der Waals surface area contributed by atoms with Crippen molar-refractivity contribution in [2.24, 2.45) is 0 Å².